The summed E-state index contributed by atoms with van der Waals surface area (Å²) in [4.78, 5) is 41.0. The van der Waals surface area contributed by atoms with E-state index in [-0.39, 0.29) is 51.1 Å². The number of benzene rings is 2. The number of alkyl halides is 3. The van der Waals surface area contributed by atoms with E-state index >= 15 is 0 Å². The van der Waals surface area contributed by atoms with E-state index in [4.69, 9.17) is 21.9 Å². The molecule has 0 spiro atoms. The van der Waals surface area contributed by atoms with Crippen LogP contribution in [0, 0.1) is 0 Å². The molecular weight excluding hydrogens is 656 g/mol. The number of sulfone groups is 1. The zero-order chi connectivity index (χ0) is 35.6. The van der Waals surface area contributed by atoms with Gasteiger partial charge in [0.05, 0.1) is 27.7 Å². The van der Waals surface area contributed by atoms with Gasteiger partial charge >= 0.3 is 13.3 Å². The Kier molecular flexibility index (Phi) is 11.3. The molecule has 4 rings (SSSR count). The van der Waals surface area contributed by atoms with Crippen molar-refractivity contribution in [2.24, 2.45) is 17.2 Å². The summed E-state index contributed by atoms with van der Waals surface area (Å²) in [6.07, 6.45) is -5.13. The van der Waals surface area contributed by atoms with Gasteiger partial charge < -0.3 is 42.4 Å². The van der Waals surface area contributed by atoms with Crippen LogP contribution in [0.5, 0.6) is 0 Å². The highest BCUT2D eigenvalue weighted by molar-refractivity contribution is 7.92. The van der Waals surface area contributed by atoms with Crippen molar-refractivity contribution in [3.63, 3.8) is 0 Å². The summed E-state index contributed by atoms with van der Waals surface area (Å²) < 4.78 is 70.1. The maximum absolute atomic E-state index is 13.5. The summed E-state index contributed by atoms with van der Waals surface area (Å²) in [6.45, 7) is 2.94. The van der Waals surface area contributed by atoms with E-state index in [0.29, 0.717) is 16.6 Å². The molecule has 0 saturated carbocycles. The number of nitrogens with one attached hydrogen (secondary N) is 2. The van der Waals surface area contributed by atoms with E-state index in [1.807, 2.05) is 0 Å². The quantitative estimate of drug-likeness (QED) is 0.163. The lowest BCUT2D eigenvalue weighted by Crippen LogP contribution is -2.58. The highest BCUT2D eigenvalue weighted by Crippen LogP contribution is 2.31. The first-order valence-electron chi connectivity index (χ1n) is 15.3. The van der Waals surface area contributed by atoms with E-state index in [1.165, 1.54) is 23.1 Å². The third-order valence-corrected chi connectivity index (χ3v) is 11.2. The SMILES string of the molecule is CC1(C)OB(O)c2cc(NC(=O)C(Cc3ccc(C(F)(F)F)cc3)NC(=O)C(N)CCC(=O)N3CC(CN)S(=O)(=O)C(CN)C3)ccc21. The van der Waals surface area contributed by atoms with Crippen LogP contribution in [0.15, 0.2) is 42.5 Å². The number of nitrogens with zero attached hydrogens (tertiary/aromatic N) is 1. The van der Waals surface area contributed by atoms with Gasteiger partial charge in [0.15, 0.2) is 9.84 Å². The molecule has 2 aromatic carbocycles. The predicted molar refractivity (Wildman–Crippen MR) is 172 cm³/mol. The molecule has 0 aliphatic carbocycles. The smallest absolute Gasteiger partial charge is 0.423 e. The first-order valence-corrected chi connectivity index (χ1v) is 16.9. The molecule has 0 radical (unpaired) electrons. The fourth-order valence-electron chi connectivity index (χ4n) is 5.82. The maximum atomic E-state index is 13.5. The summed E-state index contributed by atoms with van der Waals surface area (Å²) >= 11 is 0. The number of carbonyl (C=O) groups excluding carboxylic acids is 3. The molecule has 1 saturated heterocycles. The number of fused-ring (bicyclic) bond motifs is 1. The topological polar surface area (TPSA) is 220 Å². The van der Waals surface area contributed by atoms with Crippen LogP contribution >= 0.6 is 0 Å². The van der Waals surface area contributed by atoms with Gasteiger partial charge in [0.25, 0.3) is 0 Å². The molecular formula is C30H40BF3N6O7S. The minimum Gasteiger partial charge on any atom is -0.423 e. The van der Waals surface area contributed by atoms with Crippen LogP contribution < -0.4 is 33.3 Å². The zero-order valence-electron chi connectivity index (χ0n) is 26.5. The van der Waals surface area contributed by atoms with Crippen LogP contribution in [0.25, 0.3) is 0 Å². The average molecular weight is 697 g/mol. The molecule has 0 aromatic heterocycles. The minimum absolute atomic E-state index is 0.117. The van der Waals surface area contributed by atoms with Crippen molar-refractivity contribution in [2.45, 2.75) is 67.5 Å². The third-order valence-electron chi connectivity index (χ3n) is 8.66. The van der Waals surface area contributed by atoms with Crippen LogP contribution in [0.4, 0.5) is 18.9 Å². The van der Waals surface area contributed by atoms with Crippen LogP contribution in [0.1, 0.15) is 43.4 Å². The average Bonchev–Trinajstić information content (AvgIpc) is 3.25. The van der Waals surface area contributed by atoms with Gasteiger partial charge in [-0.1, -0.05) is 18.2 Å². The fraction of sp³-hybridized carbons (Fsp3) is 0.500. The number of halogens is 3. The molecule has 18 heteroatoms. The number of anilines is 1. The molecule has 2 aromatic rings. The summed E-state index contributed by atoms with van der Waals surface area (Å²) in [7, 11) is -4.84. The van der Waals surface area contributed by atoms with Crippen molar-refractivity contribution in [3.8, 4) is 0 Å². The Hall–Kier alpha value is -3.55. The van der Waals surface area contributed by atoms with Gasteiger partial charge in [-0.15, -0.1) is 0 Å². The molecule has 48 heavy (non-hydrogen) atoms. The lowest BCUT2D eigenvalue weighted by molar-refractivity contribution is -0.137. The van der Waals surface area contributed by atoms with Crippen molar-refractivity contribution in [1.29, 1.82) is 0 Å². The van der Waals surface area contributed by atoms with Gasteiger partial charge in [0.2, 0.25) is 17.7 Å². The summed E-state index contributed by atoms with van der Waals surface area (Å²) in [5.74, 6) is -1.96. The number of hydrogen-bond acceptors (Lipinski definition) is 10. The van der Waals surface area contributed by atoms with Crippen molar-refractivity contribution in [2.75, 3.05) is 31.5 Å². The Bertz CT molecular complexity index is 1610. The Balaban J connectivity index is 1.46. The summed E-state index contributed by atoms with van der Waals surface area (Å²) in [5, 5.41) is 13.6. The Morgan fingerprint density at radius 1 is 1.06 bits per heavy atom. The molecule has 2 aliphatic rings. The first kappa shape index (κ1) is 37.3. The number of amides is 3. The van der Waals surface area contributed by atoms with Gasteiger partial charge in [0.1, 0.15) is 6.04 Å². The number of carbonyl (C=O) groups is 3. The van der Waals surface area contributed by atoms with Gasteiger partial charge in [-0.3, -0.25) is 14.4 Å². The van der Waals surface area contributed by atoms with Crippen molar-refractivity contribution < 1.29 is 45.7 Å². The Morgan fingerprint density at radius 2 is 1.67 bits per heavy atom. The first-order chi connectivity index (χ1) is 22.4. The molecule has 13 nitrogen and oxygen atoms in total. The predicted octanol–water partition coefficient (Wildman–Crippen LogP) is -0.657. The van der Waals surface area contributed by atoms with E-state index in [9.17, 15) is 41.0 Å². The second-order valence-corrected chi connectivity index (χ2v) is 15.0. The zero-order valence-corrected chi connectivity index (χ0v) is 27.3. The lowest BCUT2D eigenvalue weighted by atomic mass is 9.78. The normalized spacial score (nSPS) is 21.3. The number of hydrogen-bond donors (Lipinski definition) is 6. The molecule has 9 N–H and O–H groups in total. The molecule has 3 amide bonds. The van der Waals surface area contributed by atoms with Crippen LogP contribution in [-0.2, 0) is 47.1 Å². The van der Waals surface area contributed by atoms with Gasteiger partial charge in [-0.05, 0) is 61.1 Å². The van der Waals surface area contributed by atoms with Crippen LogP contribution in [0.3, 0.4) is 0 Å². The summed E-state index contributed by atoms with van der Waals surface area (Å²) in [5.41, 5.74) is 17.4. The lowest BCUT2D eigenvalue weighted by Gasteiger charge is -2.37. The van der Waals surface area contributed by atoms with E-state index in [2.05, 4.69) is 10.6 Å². The maximum Gasteiger partial charge on any atom is 0.492 e. The van der Waals surface area contributed by atoms with Gasteiger partial charge in [-0.25, -0.2) is 8.42 Å². The molecule has 1 fully saturated rings. The molecule has 2 heterocycles. The monoisotopic (exact) mass is 696 g/mol. The molecule has 2 aliphatic heterocycles. The van der Waals surface area contributed by atoms with Crippen molar-refractivity contribution in [3.05, 3.63) is 59.2 Å². The van der Waals surface area contributed by atoms with Gasteiger partial charge in [0, 0.05) is 44.7 Å². The second kappa shape index (κ2) is 14.5. The fourth-order valence-corrected chi connectivity index (χ4v) is 7.67. The largest absolute Gasteiger partial charge is 0.492 e. The molecule has 4 unspecified atom stereocenters. The highest BCUT2D eigenvalue weighted by Gasteiger charge is 2.42. The van der Waals surface area contributed by atoms with Gasteiger partial charge in [-0.2, -0.15) is 13.2 Å². The Labute approximate surface area is 276 Å². The van der Waals surface area contributed by atoms with E-state index < -0.39 is 74.6 Å². The highest BCUT2D eigenvalue weighted by atomic mass is 32.2. The second-order valence-electron chi connectivity index (χ2n) is 12.5. The molecule has 262 valence electrons. The number of rotatable bonds is 11. The van der Waals surface area contributed by atoms with Crippen molar-refractivity contribution in [1.82, 2.24) is 10.2 Å². The molecule has 4 atom stereocenters. The molecule has 0 bridgehead atoms. The van der Waals surface area contributed by atoms with E-state index in [0.717, 1.165) is 12.1 Å². The van der Waals surface area contributed by atoms with E-state index in [1.54, 1.807) is 26.0 Å². The third kappa shape index (κ3) is 8.35. The summed E-state index contributed by atoms with van der Waals surface area (Å²) in [6, 6.07) is 6.34. The Morgan fingerprint density at radius 3 is 2.23 bits per heavy atom. The van der Waals surface area contributed by atoms with Crippen LogP contribution in [0.2, 0.25) is 0 Å². The standard InChI is InChI=1S/C30H40BF3N6O7S/c1-29(2)22-8-7-19(12-23(22)31(44)47-29)38-28(43)25(11-17-3-5-18(6-4-17)30(32,33)34)39-27(42)24(37)9-10-26(41)40-15-20(13-35)48(45,46)21(14-36)16-40/h3-8,12,20-21,24-25,44H,9-11,13-16,35-37H2,1-2H3,(H,38,43)(H,39,42). The van der Waals surface area contributed by atoms with Crippen LogP contribution in [-0.4, -0.2) is 91.9 Å². The minimum atomic E-state index is -4.57. The van der Waals surface area contributed by atoms with Crippen molar-refractivity contribution >= 4 is 45.8 Å². The number of nitrogens with two attached hydrogens (primary N) is 3.